The predicted molar refractivity (Wildman–Crippen MR) is 101 cm³/mol. The number of aromatic nitrogens is 1. The van der Waals surface area contributed by atoms with E-state index >= 15 is 0 Å². The molecule has 0 aliphatic heterocycles. The number of aliphatic carboxylic acids is 1. The summed E-state index contributed by atoms with van der Waals surface area (Å²) in [7, 11) is 0. The van der Waals surface area contributed by atoms with Gasteiger partial charge in [-0.05, 0) is 18.6 Å². The van der Waals surface area contributed by atoms with Crippen LogP contribution >= 0.6 is 22.9 Å². The molecule has 134 valence electrons. The Kier molecular flexibility index (Phi) is 7.59. The third-order valence-electron chi connectivity index (χ3n) is 3.98. The maximum absolute atomic E-state index is 12.2. The lowest BCUT2D eigenvalue weighted by Crippen LogP contribution is -2.19. The maximum Gasteiger partial charge on any atom is 0.306 e. The molecule has 0 aliphatic carbocycles. The summed E-state index contributed by atoms with van der Waals surface area (Å²) < 4.78 is 0. The van der Waals surface area contributed by atoms with Gasteiger partial charge in [0.2, 0.25) is 0 Å². The van der Waals surface area contributed by atoms with Crippen molar-refractivity contribution < 1.29 is 14.7 Å². The van der Waals surface area contributed by atoms with Crippen LogP contribution in [-0.2, 0) is 16.0 Å². The summed E-state index contributed by atoms with van der Waals surface area (Å²) in [5.74, 6) is -1.56. The number of carboxylic acid groups (broad SMARTS) is 1. The summed E-state index contributed by atoms with van der Waals surface area (Å²) in [5, 5.41) is 12.6. The van der Waals surface area contributed by atoms with E-state index in [0.29, 0.717) is 17.1 Å². The lowest BCUT2D eigenvalue weighted by atomic mass is 9.94. The van der Waals surface area contributed by atoms with Crippen molar-refractivity contribution in [2.24, 2.45) is 5.92 Å². The van der Waals surface area contributed by atoms with E-state index in [4.69, 9.17) is 11.6 Å². The molecule has 25 heavy (non-hydrogen) atoms. The molecule has 1 N–H and O–H groups in total. The Morgan fingerprint density at radius 1 is 1.32 bits per heavy atom. The first-order valence-electron chi connectivity index (χ1n) is 8.44. The number of ketones is 1. The van der Waals surface area contributed by atoms with Gasteiger partial charge >= 0.3 is 5.97 Å². The van der Waals surface area contributed by atoms with Crippen molar-refractivity contribution in [1.29, 1.82) is 0 Å². The summed E-state index contributed by atoms with van der Waals surface area (Å²) in [6.07, 6.45) is 3.67. The highest BCUT2D eigenvalue weighted by molar-refractivity contribution is 7.13. The van der Waals surface area contributed by atoms with Crippen molar-refractivity contribution >= 4 is 34.7 Å². The van der Waals surface area contributed by atoms with Crippen molar-refractivity contribution in [3.8, 4) is 10.6 Å². The number of hydrogen-bond acceptors (Lipinski definition) is 4. The van der Waals surface area contributed by atoms with E-state index in [-0.39, 0.29) is 18.6 Å². The number of hydrogen-bond donors (Lipinski definition) is 1. The Balaban J connectivity index is 1.95. The van der Waals surface area contributed by atoms with E-state index < -0.39 is 11.9 Å². The van der Waals surface area contributed by atoms with Crippen LogP contribution in [0.3, 0.4) is 0 Å². The number of carboxylic acids is 1. The zero-order chi connectivity index (χ0) is 18.2. The van der Waals surface area contributed by atoms with Gasteiger partial charge in [0.05, 0.1) is 11.6 Å². The number of rotatable bonds is 10. The standard InChI is InChI=1S/C19H22ClNO3S/c1-2-3-4-6-14(19(23)24)10-17(22)11-16-12-25-18(21-16)13-7-5-8-15(20)9-13/h5,7-9,12,14H,2-4,6,10-11H2,1H3,(H,23,24). The molecule has 1 heterocycles. The molecule has 1 unspecified atom stereocenters. The lowest BCUT2D eigenvalue weighted by molar-refractivity contribution is -0.144. The fourth-order valence-electron chi connectivity index (χ4n) is 2.64. The summed E-state index contributed by atoms with van der Waals surface area (Å²) >= 11 is 7.45. The lowest BCUT2D eigenvalue weighted by Gasteiger charge is -2.10. The van der Waals surface area contributed by atoms with Crippen LogP contribution < -0.4 is 0 Å². The molecule has 0 fully saturated rings. The van der Waals surface area contributed by atoms with Gasteiger partial charge in [-0.3, -0.25) is 9.59 Å². The summed E-state index contributed by atoms with van der Waals surface area (Å²) in [5.41, 5.74) is 1.60. The zero-order valence-electron chi connectivity index (χ0n) is 14.2. The summed E-state index contributed by atoms with van der Waals surface area (Å²) in [6.45, 7) is 2.07. The van der Waals surface area contributed by atoms with Crippen molar-refractivity contribution in [2.75, 3.05) is 0 Å². The molecule has 0 amide bonds. The van der Waals surface area contributed by atoms with Gasteiger partial charge in [0.15, 0.2) is 0 Å². The number of Topliss-reactive ketones (excluding diaryl/α,β-unsaturated/α-hetero) is 1. The van der Waals surface area contributed by atoms with Gasteiger partial charge in [-0.1, -0.05) is 49.9 Å². The molecule has 0 aliphatic rings. The Morgan fingerprint density at radius 3 is 2.80 bits per heavy atom. The first kappa shape index (κ1) is 19.6. The number of carbonyl (C=O) groups is 2. The van der Waals surface area contributed by atoms with E-state index in [9.17, 15) is 14.7 Å². The second-order valence-electron chi connectivity index (χ2n) is 6.10. The number of carbonyl (C=O) groups excluding carboxylic acids is 1. The van der Waals surface area contributed by atoms with Crippen molar-refractivity contribution in [1.82, 2.24) is 4.98 Å². The van der Waals surface area contributed by atoms with Gasteiger partial charge in [-0.2, -0.15) is 0 Å². The molecule has 1 aromatic heterocycles. The molecule has 4 nitrogen and oxygen atoms in total. The van der Waals surface area contributed by atoms with E-state index in [1.54, 1.807) is 6.07 Å². The quantitative estimate of drug-likeness (QED) is 0.572. The van der Waals surface area contributed by atoms with Gasteiger partial charge in [0.1, 0.15) is 10.8 Å². The van der Waals surface area contributed by atoms with E-state index in [2.05, 4.69) is 11.9 Å². The van der Waals surface area contributed by atoms with Crippen molar-refractivity contribution in [3.63, 3.8) is 0 Å². The summed E-state index contributed by atoms with van der Waals surface area (Å²) in [4.78, 5) is 28.0. The van der Waals surface area contributed by atoms with Gasteiger partial charge < -0.3 is 5.11 Å². The number of benzene rings is 1. The third-order valence-corrected chi connectivity index (χ3v) is 5.16. The molecule has 2 rings (SSSR count). The zero-order valence-corrected chi connectivity index (χ0v) is 15.8. The fourth-order valence-corrected chi connectivity index (χ4v) is 3.65. The molecule has 0 radical (unpaired) electrons. The molecular weight excluding hydrogens is 358 g/mol. The molecular formula is C19H22ClNO3S. The molecule has 2 aromatic rings. The fraction of sp³-hybridized carbons (Fsp3) is 0.421. The van der Waals surface area contributed by atoms with Crippen LogP contribution in [0, 0.1) is 5.92 Å². The van der Waals surface area contributed by atoms with Crippen LogP contribution in [0.25, 0.3) is 10.6 Å². The Hall–Kier alpha value is -1.72. The molecule has 0 bridgehead atoms. The van der Waals surface area contributed by atoms with Gasteiger partial charge in [0, 0.05) is 28.8 Å². The summed E-state index contributed by atoms with van der Waals surface area (Å²) in [6, 6.07) is 7.41. The van der Waals surface area contributed by atoms with Gasteiger partial charge in [0.25, 0.3) is 0 Å². The average molecular weight is 380 g/mol. The van der Waals surface area contributed by atoms with Crippen LogP contribution in [0.5, 0.6) is 0 Å². The first-order chi connectivity index (χ1) is 12.0. The highest BCUT2D eigenvalue weighted by Crippen LogP contribution is 2.26. The number of halogens is 1. The number of nitrogens with zero attached hydrogens (tertiary/aromatic N) is 1. The van der Waals surface area contributed by atoms with Crippen LogP contribution in [-0.4, -0.2) is 21.8 Å². The minimum Gasteiger partial charge on any atom is -0.481 e. The maximum atomic E-state index is 12.2. The first-order valence-corrected chi connectivity index (χ1v) is 9.70. The van der Waals surface area contributed by atoms with Crippen molar-refractivity contribution in [2.45, 2.75) is 45.4 Å². The Morgan fingerprint density at radius 2 is 2.12 bits per heavy atom. The third kappa shape index (κ3) is 6.25. The topological polar surface area (TPSA) is 67.3 Å². The Bertz CT molecular complexity index is 729. The average Bonchev–Trinajstić information content (AvgIpc) is 3.02. The molecule has 6 heteroatoms. The van der Waals surface area contributed by atoms with E-state index in [1.165, 1.54) is 11.3 Å². The Labute approximate surface area is 156 Å². The molecule has 0 spiro atoms. The van der Waals surface area contributed by atoms with Crippen LogP contribution in [0.4, 0.5) is 0 Å². The largest absolute Gasteiger partial charge is 0.481 e. The second kappa shape index (κ2) is 9.68. The SMILES string of the molecule is CCCCCC(CC(=O)Cc1csc(-c2cccc(Cl)c2)n1)C(=O)O. The number of thiazole rings is 1. The van der Waals surface area contributed by atoms with Crippen LogP contribution in [0.2, 0.25) is 5.02 Å². The van der Waals surface area contributed by atoms with Crippen LogP contribution in [0.15, 0.2) is 29.6 Å². The van der Waals surface area contributed by atoms with Gasteiger partial charge in [-0.15, -0.1) is 11.3 Å². The van der Waals surface area contributed by atoms with E-state index in [1.807, 2.05) is 23.6 Å². The second-order valence-corrected chi connectivity index (χ2v) is 7.40. The predicted octanol–water partition coefficient (Wildman–Crippen LogP) is 5.25. The minimum atomic E-state index is -0.887. The monoisotopic (exact) mass is 379 g/mol. The minimum absolute atomic E-state index is 0.0725. The number of unbranched alkanes of at least 4 members (excludes halogenated alkanes) is 2. The normalized spacial score (nSPS) is 12.1. The molecule has 1 atom stereocenters. The highest BCUT2D eigenvalue weighted by Gasteiger charge is 2.21. The van der Waals surface area contributed by atoms with E-state index in [0.717, 1.165) is 29.8 Å². The van der Waals surface area contributed by atoms with Crippen LogP contribution in [0.1, 0.15) is 44.7 Å². The van der Waals surface area contributed by atoms with Gasteiger partial charge in [-0.25, -0.2) is 4.98 Å². The smallest absolute Gasteiger partial charge is 0.306 e. The molecule has 0 saturated carbocycles. The van der Waals surface area contributed by atoms with Crippen molar-refractivity contribution in [3.05, 3.63) is 40.4 Å². The molecule has 1 aromatic carbocycles. The molecule has 0 saturated heterocycles. The highest BCUT2D eigenvalue weighted by atomic mass is 35.5.